The number of hydrogen-bond acceptors (Lipinski definition) is 8. The average molecular weight is 446 g/mol. The van der Waals surface area contributed by atoms with Gasteiger partial charge in [-0.25, -0.2) is 4.79 Å². The van der Waals surface area contributed by atoms with Crippen molar-refractivity contribution in [2.24, 2.45) is 5.73 Å². The van der Waals surface area contributed by atoms with Crippen molar-refractivity contribution in [3.63, 3.8) is 0 Å². The highest BCUT2D eigenvalue weighted by molar-refractivity contribution is 5.95. The molecule has 1 saturated heterocycles. The van der Waals surface area contributed by atoms with E-state index in [0.29, 0.717) is 6.42 Å². The molecule has 174 valence electrons. The monoisotopic (exact) mass is 446 g/mol. The molecule has 0 aromatic heterocycles. The first-order chi connectivity index (χ1) is 14.5. The Morgan fingerprint density at radius 1 is 0.968 bits per heavy atom. The molecule has 0 radical (unpaired) electrons. The normalized spacial score (nSPS) is 18.5. The zero-order chi connectivity index (χ0) is 23.7. The molecule has 1 rings (SSSR count). The van der Waals surface area contributed by atoms with E-state index in [-0.39, 0.29) is 19.4 Å². The molecule has 0 saturated carbocycles. The molecule has 0 aromatic carbocycles. The minimum atomic E-state index is -1.67. The first-order valence-corrected chi connectivity index (χ1v) is 9.42. The van der Waals surface area contributed by atoms with Crippen molar-refractivity contribution in [2.75, 3.05) is 13.2 Å². The van der Waals surface area contributed by atoms with Crippen LogP contribution >= 0.6 is 0 Å². The summed E-state index contributed by atoms with van der Waals surface area (Å²) in [6, 6.07) is -5.66. The second-order valence-corrected chi connectivity index (χ2v) is 6.97. The summed E-state index contributed by atoms with van der Waals surface area (Å²) < 4.78 is 0. The van der Waals surface area contributed by atoms with E-state index in [1.165, 1.54) is 0 Å². The number of nitrogens with one attached hydrogen (secondary N) is 2. The Balaban J connectivity index is 2.85. The van der Waals surface area contributed by atoms with Crippen LogP contribution in [0.25, 0.3) is 0 Å². The van der Waals surface area contributed by atoms with Gasteiger partial charge in [0, 0.05) is 13.0 Å². The fraction of sp³-hybridized carbons (Fsp3) is 0.647. The molecule has 31 heavy (non-hydrogen) atoms. The van der Waals surface area contributed by atoms with Gasteiger partial charge >= 0.3 is 17.9 Å². The molecule has 4 unspecified atom stereocenters. The van der Waals surface area contributed by atoms with Crippen LogP contribution in [0.3, 0.4) is 0 Å². The minimum absolute atomic E-state index is 0.107. The van der Waals surface area contributed by atoms with Gasteiger partial charge < -0.3 is 41.7 Å². The van der Waals surface area contributed by atoms with Crippen molar-refractivity contribution < 1.29 is 49.2 Å². The number of nitrogens with two attached hydrogens (primary N) is 1. The van der Waals surface area contributed by atoms with Gasteiger partial charge in [0.05, 0.1) is 19.1 Å². The molecule has 1 aliphatic rings. The number of likely N-dealkylation sites (tertiary alicyclic amines) is 1. The van der Waals surface area contributed by atoms with Crippen LogP contribution in [0, 0.1) is 0 Å². The van der Waals surface area contributed by atoms with Crippen LogP contribution in [0.1, 0.15) is 32.1 Å². The molecule has 14 heteroatoms. The molecule has 0 aromatic rings. The SMILES string of the molecule is NC(CCC(=O)O)C(=O)NC(CC(=O)O)C(=O)NC(CO)C(=O)N1CCCC1C(=O)O. The summed E-state index contributed by atoms with van der Waals surface area (Å²) in [4.78, 5) is 71.0. The van der Waals surface area contributed by atoms with Crippen molar-refractivity contribution in [3.05, 3.63) is 0 Å². The van der Waals surface area contributed by atoms with Gasteiger partial charge in [-0.2, -0.15) is 0 Å². The lowest BCUT2D eigenvalue weighted by atomic mass is 10.1. The number of carbonyl (C=O) groups excluding carboxylic acids is 3. The van der Waals surface area contributed by atoms with Crippen LogP contribution in [0.4, 0.5) is 0 Å². The quantitative estimate of drug-likeness (QED) is 0.157. The Morgan fingerprint density at radius 3 is 2.10 bits per heavy atom. The smallest absolute Gasteiger partial charge is 0.326 e. The fourth-order valence-corrected chi connectivity index (χ4v) is 3.02. The van der Waals surface area contributed by atoms with Crippen LogP contribution < -0.4 is 16.4 Å². The Kier molecular flexibility index (Phi) is 9.82. The topological polar surface area (TPSA) is 237 Å². The molecule has 1 fully saturated rings. The van der Waals surface area contributed by atoms with Crippen molar-refractivity contribution in [3.8, 4) is 0 Å². The van der Waals surface area contributed by atoms with E-state index >= 15 is 0 Å². The number of rotatable bonds is 12. The zero-order valence-corrected chi connectivity index (χ0v) is 16.5. The molecule has 8 N–H and O–H groups in total. The fourth-order valence-electron chi connectivity index (χ4n) is 3.02. The second-order valence-electron chi connectivity index (χ2n) is 6.97. The summed E-state index contributed by atoms with van der Waals surface area (Å²) in [5, 5.41) is 40.5. The van der Waals surface area contributed by atoms with E-state index in [9.17, 15) is 39.0 Å². The summed E-state index contributed by atoms with van der Waals surface area (Å²) in [7, 11) is 0. The average Bonchev–Trinajstić information content (AvgIpc) is 3.18. The summed E-state index contributed by atoms with van der Waals surface area (Å²) in [5.74, 6) is -6.84. The molecular weight excluding hydrogens is 420 g/mol. The van der Waals surface area contributed by atoms with Gasteiger partial charge in [0.1, 0.15) is 18.1 Å². The molecule has 4 atom stereocenters. The Hall–Kier alpha value is -3.26. The van der Waals surface area contributed by atoms with Crippen LogP contribution in [0.15, 0.2) is 0 Å². The maximum atomic E-state index is 12.6. The maximum Gasteiger partial charge on any atom is 0.326 e. The number of carboxylic acids is 3. The van der Waals surface area contributed by atoms with Crippen molar-refractivity contribution in [1.29, 1.82) is 0 Å². The number of hydrogen-bond donors (Lipinski definition) is 7. The van der Waals surface area contributed by atoms with E-state index in [1.807, 2.05) is 0 Å². The van der Waals surface area contributed by atoms with Crippen molar-refractivity contribution >= 4 is 35.6 Å². The van der Waals surface area contributed by atoms with Crippen LogP contribution in [-0.2, 0) is 28.8 Å². The summed E-state index contributed by atoms with van der Waals surface area (Å²) in [5.41, 5.74) is 5.54. The highest BCUT2D eigenvalue weighted by Gasteiger charge is 2.38. The maximum absolute atomic E-state index is 12.6. The molecule has 0 bridgehead atoms. The standard InChI is InChI=1S/C17H26N4O10/c18-8(3-4-12(23)24)14(27)19-9(6-13(25)26)15(28)20-10(7-22)16(29)21-5-1-2-11(21)17(30)31/h8-11,22H,1-7,18H2,(H,19,27)(H,20,28)(H,23,24)(H,25,26)(H,30,31). The summed E-state index contributed by atoms with van der Waals surface area (Å²) in [6.45, 7) is -0.783. The predicted molar refractivity (Wildman–Crippen MR) is 100 cm³/mol. The molecule has 1 heterocycles. The molecule has 0 spiro atoms. The third-order valence-electron chi connectivity index (χ3n) is 4.64. The number of carboxylic acid groups (broad SMARTS) is 3. The number of aliphatic hydroxyl groups excluding tert-OH is 1. The van der Waals surface area contributed by atoms with Crippen LogP contribution in [0.5, 0.6) is 0 Å². The number of aliphatic carboxylic acids is 3. The van der Waals surface area contributed by atoms with E-state index in [1.54, 1.807) is 0 Å². The van der Waals surface area contributed by atoms with E-state index < -0.39 is 79.2 Å². The van der Waals surface area contributed by atoms with Gasteiger partial charge in [0.15, 0.2) is 0 Å². The number of amides is 3. The number of aliphatic hydroxyl groups is 1. The van der Waals surface area contributed by atoms with Crippen molar-refractivity contribution in [2.45, 2.75) is 56.3 Å². The number of carbonyl (C=O) groups is 6. The number of nitrogens with zero attached hydrogens (tertiary/aromatic N) is 1. The van der Waals surface area contributed by atoms with Crippen LogP contribution in [-0.4, -0.2) is 98.3 Å². The predicted octanol–water partition coefficient (Wildman–Crippen LogP) is -3.31. The third-order valence-corrected chi connectivity index (χ3v) is 4.64. The lowest BCUT2D eigenvalue weighted by Gasteiger charge is -2.27. The largest absolute Gasteiger partial charge is 0.481 e. The zero-order valence-electron chi connectivity index (χ0n) is 16.5. The van der Waals surface area contributed by atoms with E-state index in [2.05, 4.69) is 10.6 Å². The molecule has 14 nitrogen and oxygen atoms in total. The van der Waals surface area contributed by atoms with Crippen LogP contribution in [0.2, 0.25) is 0 Å². The van der Waals surface area contributed by atoms with E-state index in [0.717, 1.165) is 4.90 Å². The van der Waals surface area contributed by atoms with Gasteiger partial charge in [0.2, 0.25) is 17.7 Å². The van der Waals surface area contributed by atoms with Gasteiger partial charge in [-0.1, -0.05) is 0 Å². The van der Waals surface area contributed by atoms with E-state index in [4.69, 9.17) is 15.9 Å². The van der Waals surface area contributed by atoms with Gasteiger partial charge in [-0.15, -0.1) is 0 Å². The minimum Gasteiger partial charge on any atom is -0.481 e. The highest BCUT2D eigenvalue weighted by atomic mass is 16.4. The lowest BCUT2D eigenvalue weighted by Crippen LogP contribution is -2.58. The Bertz CT molecular complexity index is 728. The third kappa shape index (κ3) is 7.82. The first kappa shape index (κ1) is 25.8. The van der Waals surface area contributed by atoms with Gasteiger partial charge in [-0.05, 0) is 19.3 Å². The first-order valence-electron chi connectivity index (χ1n) is 9.42. The summed E-state index contributed by atoms with van der Waals surface area (Å²) in [6.07, 6.45) is -0.936. The van der Waals surface area contributed by atoms with Gasteiger partial charge in [-0.3, -0.25) is 24.0 Å². The Morgan fingerprint density at radius 2 is 1.58 bits per heavy atom. The molecular formula is C17H26N4O10. The molecule has 0 aliphatic carbocycles. The molecule has 1 aliphatic heterocycles. The second kappa shape index (κ2) is 11.8. The van der Waals surface area contributed by atoms with Gasteiger partial charge in [0.25, 0.3) is 0 Å². The summed E-state index contributed by atoms with van der Waals surface area (Å²) >= 11 is 0. The highest BCUT2D eigenvalue weighted by Crippen LogP contribution is 2.18. The van der Waals surface area contributed by atoms with Crippen molar-refractivity contribution in [1.82, 2.24) is 15.5 Å². The molecule has 3 amide bonds. The Labute approximate surface area is 176 Å². The lowest BCUT2D eigenvalue weighted by molar-refractivity contribution is -0.150.